The molecule has 28 heavy (non-hydrogen) atoms. The normalized spacial score (nSPS) is 11.5. The van der Waals surface area contributed by atoms with Crippen LogP contribution in [0.5, 0.6) is 5.75 Å². The first-order valence-corrected chi connectivity index (χ1v) is 11.0. The second kappa shape index (κ2) is 9.46. The zero-order valence-corrected chi connectivity index (χ0v) is 20.0. The third-order valence-corrected chi connectivity index (χ3v) is 6.13. The molecular weight excluding hydrogens is 630 g/mol. The summed E-state index contributed by atoms with van der Waals surface area (Å²) in [5, 5.41) is 18.2. The molecule has 3 aromatic rings. The largest absolute Gasteiger partial charge is 0.495 e. The van der Waals surface area contributed by atoms with E-state index in [1.54, 1.807) is 37.5 Å². The number of methoxy groups -OCH3 is 1. The summed E-state index contributed by atoms with van der Waals surface area (Å²) in [6.45, 7) is 0. The molecule has 0 aliphatic heterocycles. The standard InChI is InChI=1S/C18H11ClI2N2O4S/c1-26-15-12(20)6-9(7-13(15)21)8-14(17(24)25)28-18-23-22-16(27-18)10-2-4-11(19)5-3-10/h2-8H,1H3,(H,24,25)/b14-8-. The molecule has 3 rings (SSSR count). The van der Waals surface area contributed by atoms with Crippen molar-refractivity contribution in [3.63, 3.8) is 0 Å². The average molecular weight is 641 g/mol. The quantitative estimate of drug-likeness (QED) is 0.206. The number of hydrogen-bond acceptors (Lipinski definition) is 6. The van der Waals surface area contributed by atoms with Crippen molar-refractivity contribution in [3.8, 4) is 17.2 Å². The number of aliphatic carboxylic acids is 1. The first-order chi connectivity index (χ1) is 13.4. The van der Waals surface area contributed by atoms with Crippen molar-refractivity contribution in [2.24, 2.45) is 0 Å². The molecule has 2 aromatic carbocycles. The molecule has 0 bridgehead atoms. The second-order valence-corrected chi connectivity index (χ2v) is 9.07. The Kier molecular flexibility index (Phi) is 7.23. The summed E-state index contributed by atoms with van der Waals surface area (Å²) in [6, 6.07) is 10.6. The van der Waals surface area contributed by atoms with Gasteiger partial charge in [-0.2, -0.15) is 0 Å². The number of rotatable bonds is 6. The Morgan fingerprint density at radius 1 is 1.21 bits per heavy atom. The summed E-state index contributed by atoms with van der Waals surface area (Å²) in [4.78, 5) is 11.8. The van der Waals surface area contributed by atoms with Gasteiger partial charge in [-0.15, -0.1) is 10.2 Å². The number of carboxylic acids is 1. The molecule has 1 aromatic heterocycles. The Bertz CT molecular complexity index is 1030. The molecule has 0 radical (unpaired) electrons. The average Bonchev–Trinajstić information content (AvgIpc) is 3.10. The van der Waals surface area contributed by atoms with Crippen LogP contribution in [0.3, 0.4) is 0 Å². The van der Waals surface area contributed by atoms with Crippen molar-refractivity contribution < 1.29 is 19.1 Å². The molecule has 0 unspecified atom stereocenters. The first-order valence-electron chi connectivity index (χ1n) is 7.62. The molecule has 144 valence electrons. The maximum Gasteiger partial charge on any atom is 0.342 e. The Labute approximate surface area is 197 Å². The van der Waals surface area contributed by atoms with Crippen molar-refractivity contribution in [2.45, 2.75) is 5.22 Å². The van der Waals surface area contributed by atoms with Crippen molar-refractivity contribution >= 4 is 80.6 Å². The lowest BCUT2D eigenvalue weighted by molar-refractivity contribution is -0.131. The van der Waals surface area contributed by atoms with E-state index in [1.165, 1.54) is 0 Å². The van der Waals surface area contributed by atoms with Gasteiger partial charge in [-0.05, 0) is 105 Å². The van der Waals surface area contributed by atoms with Crippen LogP contribution in [-0.4, -0.2) is 28.4 Å². The fourth-order valence-electron chi connectivity index (χ4n) is 2.20. The fraction of sp³-hybridized carbons (Fsp3) is 0.0556. The van der Waals surface area contributed by atoms with Gasteiger partial charge in [0.15, 0.2) is 0 Å². The van der Waals surface area contributed by atoms with Crippen molar-refractivity contribution in [2.75, 3.05) is 7.11 Å². The van der Waals surface area contributed by atoms with Crippen LogP contribution < -0.4 is 4.74 Å². The number of nitrogens with zero attached hydrogens (tertiary/aromatic N) is 2. The summed E-state index contributed by atoms with van der Waals surface area (Å²) < 4.78 is 12.7. The first kappa shape index (κ1) is 21.4. The van der Waals surface area contributed by atoms with Gasteiger partial charge in [-0.3, -0.25) is 0 Å². The lowest BCUT2D eigenvalue weighted by Gasteiger charge is -2.07. The molecule has 1 N–H and O–H groups in total. The van der Waals surface area contributed by atoms with E-state index in [9.17, 15) is 9.90 Å². The Morgan fingerprint density at radius 3 is 2.43 bits per heavy atom. The van der Waals surface area contributed by atoms with Crippen LogP contribution in [0, 0.1) is 7.14 Å². The molecule has 0 spiro atoms. The van der Waals surface area contributed by atoms with Crippen LogP contribution in [0.1, 0.15) is 5.56 Å². The Morgan fingerprint density at radius 2 is 1.86 bits per heavy atom. The van der Waals surface area contributed by atoms with Gasteiger partial charge >= 0.3 is 5.97 Å². The SMILES string of the molecule is COc1c(I)cc(/C=C(\Sc2nnc(-c3ccc(Cl)cc3)o2)C(=O)O)cc1I. The molecule has 0 saturated carbocycles. The van der Waals surface area contributed by atoms with Crippen molar-refractivity contribution in [1.82, 2.24) is 10.2 Å². The van der Waals surface area contributed by atoms with E-state index in [0.29, 0.717) is 10.6 Å². The van der Waals surface area contributed by atoms with Crippen LogP contribution in [0.4, 0.5) is 0 Å². The van der Waals surface area contributed by atoms with Gasteiger partial charge in [-0.1, -0.05) is 11.6 Å². The van der Waals surface area contributed by atoms with Gasteiger partial charge in [0.05, 0.1) is 14.3 Å². The predicted octanol–water partition coefficient (Wildman–Crippen LogP) is 5.83. The highest BCUT2D eigenvalue weighted by Crippen LogP contribution is 2.33. The highest BCUT2D eigenvalue weighted by Gasteiger charge is 2.17. The zero-order valence-electron chi connectivity index (χ0n) is 14.1. The van der Waals surface area contributed by atoms with E-state index in [0.717, 1.165) is 30.2 Å². The lowest BCUT2D eigenvalue weighted by atomic mass is 10.2. The van der Waals surface area contributed by atoms with Gasteiger partial charge < -0.3 is 14.3 Å². The number of halogens is 3. The molecule has 0 amide bonds. The van der Waals surface area contributed by atoms with E-state index >= 15 is 0 Å². The van der Waals surface area contributed by atoms with E-state index in [2.05, 4.69) is 55.4 Å². The van der Waals surface area contributed by atoms with E-state index in [1.807, 2.05) is 12.1 Å². The highest BCUT2D eigenvalue weighted by atomic mass is 127. The van der Waals surface area contributed by atoms with Gasteiger partial charge in [0.2, 0.25) is 5.89 Å². The van der Waals surface area contributed by atoms with Crippen LogP contribution in [0.25, 0.3) is 17.5 Å². The number of benzene rings is 2. The summed E-state index contributed by atoms with van der Waals surface area (Å²) >= 11 is 11.1. The summed E-state index contributed by atoms with van der Waals surface area (Å²) in [5.41, 5.74) is 1.43. The third-order valence-electron chi connectivity index (χ3n) is 3.43. The van der Waals surface area contributed by atoms with Gasteiger partial charge in [-0.25, -0.2) is 4.79 Å². The predicted molar refractivity (Wildman–Crippen MR) is 125 cm³/mol. The van der Waals surface area contributed by atoms with E-state index in [4.69, 9.17) is 20.8 Å². The molecule has 0 aliphatic carbocycles. The number of aromatic nitrogens is 2. The molecular formula is C18H11ClI2N2O4S. The topological polar surface area (TPSA) is 85.5 Å². The molecule has 0 fully saturated rings. The minimum absolute atomic E-state index is 0.0584. The molecule has 0 atom stereocenters. The summed E-state index contributed by atoms with van der Waals surface area (Å²) in [5.74, 6) is -0.0399. The Balaban J connectivity index is 1.87. The molecule has 10 heteroatoms. The number of hydrogen-bond donors (Lipinski definition) is 1. The van der Waals surface area contributed by atoms with Crippen LogP contribution in [0.2, 0.25) is 5.02 Å². The minimum Gasteiger partial charge on any atom is -0.495 e. The molecule has 0 aliphatic rings. The maximum atomic E-state index is 11.7. The third kappa shape index (κ3) is 5.19. The van der Waals surface area contributed by atoms with Crippen LogP contribution >= 0.6 is 68.5 Å². The maximum absolute atomic E-state index is 11.7. The lowest BCUT2D eigenvalue weighted by Crippen LogP contribution is -1.98. The van der Waals surface area contributed by atoms with Crippen LogP contribution in [-0.2, 0) is 4.79 Å². The Hall–Kier alpha value is -1.31. The van der Waals surface area contributed by atoms with Crippen LogP contribution in [0.15, 0.2) is 50.9 Å². The second-order valence-electron chi connectivity index (χ2n) is 5.31. The highest BCUT2D eigenvalue weighted by molar-refractivity contribution is 14.1. The van der Waals surface area contributed by atoms with E-state index in [-0.39, 0.29) is 16.0 Å². The number of thioether (sulfide) groups is 1. The van der Waals surface area contributed by atoms with Gasteiger partial charge in [0, 0.05) is 10.6 Å². The van der Waals surface area contributed by atoms with Crippen molar-refractivity contribution in [3.05, 3.63) is 59.0 Å². The number of carboxylic acid groups (broad SMARTS) is 1. The molecule has 1 heterocycles. The minimum atomic E-state index is -1.09. The number of carbonyl (C=O) groups is 1. The van der Waals surface area contributed by atoms with E-state index < -0.39 is 5.97 Å². The monoisotopic (exact) mass is 640 g/mol. The molecule has 0 saturated heterocycles. The number of ether oxygens (including phenoxy) is 1. The van der Waals surface area contributed by atoms with Gasteiger partial charge in [0.25, 0.3) is 5.22 Å². The molecule has 6 nitrogen and oxygen atoms in total. The van der Waals surface area contributed by atoms with Gasteiger partial charge in [0.1, 0.15) is 10.7 Å². The fourth-order valence-corrected chi connectivity index (χ4v) is 5.25. The summed E-state index contributed by atoms with van der Waals surface area (Å²) in [6.07, 6.45) is 1.56. The summed E-state index contributed by atoms with van der Waals surface area (Å²) in [7, 11) is 1.60. The van der Waals surface area contributed by atoms with Crippen molar-refractivity contribution in [1.29, 1.82) is 0 Å². The smallest absolute Gasteiger partial charge is 0.342 e. The zero-order chi connectivity index (χ0) is 20.3.